The number of sulfone groups is 1. The Hall–Kier alpha value is -1.56. The van der Waals surface area contributed by atoms with Crippen LogP contribution in [0, 0.1) is 11.3 Å². The highest BCUT2D eigenvalue weighted by molar-refractivity contribution is 8.00. The van der Waals surface area contributed by atoms with E-state index in [0.717, 1.165) is 0 Å². The average molecular weight is 314 g/mol. The lowest BCUT2D eigenvalue weighted by Crippen LogP contribution is -2.32. The fraction of sp³-hybridized carbons (Fsp3) is 0.333. The smallest absolute Gasteiger partial charge is 0.321 e. The van der Waals surface area contributed by atoms with Gasteiger partial charge in [0.05, 0.1) is 22.3 Å². The molecular formula is C12H14N2O4S2. The number of thioether (sulfide) groups is 1. The molecule has 0 amide bonds. The molecule has 1 atom stereocenters. The van der Waals surface area contributed by atoms with Gasteiger partial charge in [-0.2, -0.15) is 17.0 Å². The molecule has 8 heteroatoms. The third-order valence-corrected chi connectivity index (χ3v) is 5.49. The maximum absolute atomic E-state index is 12.0. The van der Waals surface area contributed by atoms with Crippen molar-refractivity contribution in [2.45, 2.75) is 10.9 Å². The first-order valence-corrected chi connectivity index (χ1v) is 8.46. The molecule has 0 spiro atoms. The summed E-state index contributed by atoms with van der Waals surface area (Å²) in [6.07, 6.45) is 0. The van der Waals surface area contributed by atoms with E-state index in [-0.39, 0.29) is 27.7 Å². The number of hydrogen-bond acceptors (Lipinski definition) is 6. The normalized spacial score (nSPS) is 12.6. The molecule has 0 saturated heterocycles. The second-order valence-electron chi connectivity index (χ2n) is 3.98. The van der Waals surface area contributed by atoms with Gasteiger partial charge in [-0.3, -0.25) is 4.79 Å². The van der Waals surface area contributed by atoms with Crippen LogP contribution in [-0.2, 0) is 14.6 Å². The van der Waals surface area contributed by atoms with E-state index in [1.165, 1.54) is 36.0 Å². The molecule has 6 nitrogen and oxygen atoms in total. The van der Waals surface area contributed by atoms with Crippen molar-refractivity contribution in [3.63, 3.8) is 0 Å². The van der Waals surface area contributed by atoms with Crippen LogP contribution >= 0.6 is 11.8 Å². The summed E-state index contributed by atoms with van der Waals surface area (Å²) in [6, 6.07) is 6.68. The van der Waals surface area contributed by atoms with E-state index in [9.17, 15) is 13.2 Å². The molecule has 0 saturated carbocycles. The standard InChI is InChI=1S/C12H14N2O4S2/c13-7-9-2-1-3-10(6-9)20(17,18)5-4-19-8-11(14)12(15)16/h1-3,6,11H,4-5,8,14H2,(H,15,16)/t11-/m0/s1. The minimum atomic E-state index is -3.47. The molecule has 0 bridgehead atoms. The van der Waals surface area contributed by atoms with Crippen LogP contribution in [0.25, 0.3) is 0 Å². The SMILES string of the molecule is N#Cc1cccc(S(=O)(=O)CCSC[C@H](N)C(=O)O)c1. The van der Waals surface area contributed by atoms with E-state index in [1.807, 2.05) is 6.07 Å². The Morgan fingerprint density at radius 2 is 2.20 bits per heavy atom. The summed E-state index contributed by atoms with van der Waals surface area (Å²) in [6.45, 7) is 0. The number of nitriles is 1. The first-order chi connectivity index (χ1) is 9.36. The summed E-state index contributed by atoms with van der Waals surface area (Å²) in [4.78, 5) is 10.6. The van der Waals surface area contributed by atoms with Crippen LogP contribution < -0.4 is 5.73 Å². The molecule has 108 valence electrons. The largest absolute Gasteiger partial charge is 0.480 e. The number of benzene rings is 1. The fourth-order valence-electron chi connectivity index (χ4n) is 1.33. The molecule has 20 heavy (non-hydrogen) atoms. The Kier molecular flexibility index (Phi) is 6.01. The quantitative estimate of drug-likeness (QED) is 0.702. The first-order valence-electron chi connectivity index (χ1n) is 5.66. The summed E-state index contributed by atoms with van der Waals surface area (Å²) < 4.78 is 24.0. The second kappa shape index (κ2) is 7.28. The van der Waals surface area contributed by atoms with Crippen molar-refractivity contribution in [1.29, 1.82) is 5.26 Å². The third-order valence-electron chi connectivity index (χ3n) is 2.43. The predicted molar refractivity (Wildman–Crippen MR) is 76.1 cm³/mol. The van der Waals surface area contributed by atoms with Crippen LogP contribution in [0.3, 0.4) is 0 Å². The number of carbonyl (C=O) groups is 1. The summed E-state index contributed by atoms with van der Waals surface area (Å²) >= 11 is 1.17. The van der Waals surface area contributed by atoms with E-state index < -0.39 is 21.8 Å². The van der Waals surface area contributed by atoms with Crippen molar-refractivity contribution in [2.75, 3.05) is 17.3 Å². The molecule has 1 aromatic rings. The molecule has 0 unspecified atom stereocenters. The van der Waals surface area contributed by atoms with Gasteiger partial charge >= 0.3 is 5.97 Å². The number of aliphatic carboxylic acids is 1. The van der Waals surface area contributed by atoms with E-state index in [0.29, 0.717) is 0 Å². The molecule has 0 heterocycles. The lowest BCUT2D eigenvalue weighted by Gasteiger charge is -2.07. The van der Waals surface area contributed by atoms with Crippen molar-refractivity contribution in [2.24, 2.45) is 5.73 Å². The second-order valence-corrected chi connectivity index (χ2v) is 7.24. The Bertz CT molecular complexity index is 623. The van der Waals surface area contributed by atoms with Crippen LogP contribution in [0.2, 0.25) is 0 Å². The van der Waals surface area contributed by atoms with Crippen molar-refractivity contribution in [3.05, 3.63) is 29.8 Å². The first kappa shape index (κ1) is 16.5. The van der Waals surface area contributed by atoms with Crippen LogP contribution in [-0.4, -0.2) is 42.8 Å². The molecule has 1 aromatic carbocycles. The Morgan fingerprint density at radius 3 is 2.80 bits per heavy atom. The van der Waals surface area contributed by atoms with Gasteiger partial charge in [-0.05, 0) is 18.2 Å². The van der Waals surface area contributed by atoms with Crippen molar-refractivity contribution in [3.8, 4) is 6.07 Å². The molecule has 0 aliphatic rings. The Labute approximate surface area is 121 Å². The van der Waals surface area contributed by atoms with E-state index in [1.54, 1.807) is 0 Å². The number of rotatable bonds is 7. The number of hydrogen-bond donors (Lipinski definition) is 2. The monoisotopic (exact) mass is 314 g/mol. The summed E-state index contributed by atoms with van der Waals surface area (Å²) in [5.74, 6) is -0.829. The van der Waals surface area contributed by atoms with Gasteiger partial charge < -0.3 is 10.8 Å². The predicted octanol–water partition coefficient (Wildman–Crippen LogP) is 0.477. The van der Waals surface area contributed by atoms with E-state index in [2.05, 4.69) is 0 Å². The van der Waals surface area contributed by atoms with Gasteiger partial charge in [0.2, 0.25) is 0 Å². The molecule has 0 aromatic heterocycles. The van der Waals surface area contributed by atoms with Crippen molar-refractivity contribution < 1.29 is 18.3 Å². The molecule has 0 aliphatic heterocycles. The van der Waals surface area contributed by atoms with Crippen LogP contribution in [0.5, 0.6) is 0 Å². The topological polar surface area (TPSA) is 121 Å². The number of carboxylic acids is 1. The molecule has 0 radical (unpaired) electrons. The van der Waals surface area contributed by atoms with Gasteiger partial charge in [0, 0.05) is 11.5 Å². The number of nitrogens with zero attached hydrogens (tertiary/aromatic N) is 1. The van der Waals surface area contributed by atoms with Crippen LogP contribution in [0.15, 0.2) is 29.2 Å². The third kappa shape index (κ3) is 4.85. The van der Waals surface area contributed by atoms with Gasteiger partial charge in [-0.1, -0.05) is 6.07 Å². The van der Waals surface area contributed by atoms with Crippen LogP contribution in [0.4, 0.5) is 0 Å². The lowest BCUT2D eigenvalue weighted by atomic mass is 10.2. The minimum absolute atomic E-state index is 0.0969. The summed E-state index contributed by atoms with van der Waals surface area (Å²) in [5, 5.41) is 17.3. The van der Waals surface area contributed by atoms with E-state index in [4.69, 9.17) is 16.1 Å². The fourth-order valence-corrected chi connectivity index (χ4v) is 4.07. The summed E-state index contributed by atoms with van der Waals surface area (Å²) in [5.41, 5.74) is 5.59. The highest BCUT2D eigenvalue weighted by Gasteiger charge is 2.16. The highest BCUT2D eigenvalue weighted by Crippen LogP contribution is 2.15. The van der Waals surface area contributed by atoms with Crippen molar-refractivity contribution in [1.82, 2.24) is 0 Å². The number of carboxylic acid groups (broad SMARTS) is 1. The van der Waals surface area contributed by atoms with Gasteiger partial charge in [-0.25, -0.2) is 8.42 Å². The molecular weight excluding hydrogens is 300 g/mol. The van der Waals surface area contributed by atoms with Gasteiger partial charge in [0.1, 0.15) is 6.04 Å². The number of nitrogens with two attached hydrogens (primary N) is 1. The van der Waals surface area contributed by atoms with E-state index >= 15 is 0 Å². The lowest BCUT2D eigenvalue weighted by molar-refractivity contribution is -0.137. The minimum Gasteiger partial charge on any atom is -0.480 e. The molecule has 1 rings (SSSR count). The highest BCUT2D eigenvalue weighted by atomic mass is 32.2. The van der Waals surface area contributed by atoms with Crippen molar-refractivity contribution >= 4 is 27.6 Å². The maximum Gasteiger partial charge on any atom is 0.321 e. The molecule has 3 N–H and O–H groups in total. The van der Waals surface area contributed by atoms with Crippen LogP contribution in [0.1, 0.15) is 5.56 Å². The maximum atomic E-state index is 12.0. The van der Waals surface area contributed by atoms with Gasteiger partial charge in [0.15, 0.2) is 9.84 Å². The molecule has 0 aliphatic carbocycles. The zero-order chi connectivity index (χ0) is 15.2. The Morgan fingerprint density at radius 1 is 1.50 bits per heavy atom. The molecule has 0 fully saturated rings. The summed E-state index contributed by atoms with van der Waals surface area (Å²) in [7, 11) is -3.47. The average Bonchev–Trinajstić information content (AvgIpc) is 2.43. The Balaban J connectivity index is 2.58. The zero-order valence-corrected chi connectivity index (χ0v) is 12.2. The van der Waals surface area contributed by atoms with Gasteiger partial charge in [-0.15, -0.1) is 0 Å². The zero-order valence-electron chi connectivity index (χ0n) is 10.5. The van der Waals surface area contributed by atoms with Gasteiger partial charge in [0.25, 0.3) is 0 Å².